The molecule has 1 N–H and O–H groups in total. The number of nitrogens with zero attached hydrogens (tertiary/aromatic N) is 1. The van der Waals surface area contributed by atoms with Gasteiger partial charge in [0.05, 0.1) is 15.5 Å². The van der Waals surface area contributed by atoms with Crippen molar-refractivity contribution in [2.75, 3.05) is 0 Å². The molecule has 0 radical (unpaired) electrons. The molecule has 0 amide bonds. The highest BCUT2D eigenvalue weighted by atomic mass is 79.9. The molecule has 7 heteroatoms. The number of nitro benzene ring substituents is 1. The topological polar surface area (TPSA) is 72.6 Å². The highest BCUT2D eigenvalue weighted by Crippen LogP contribution is 2.39. The molecule has 20 heavy (non-hydrogen) atoms. The first-order valence-electron chi connectivity index (χ1n) is 6.47. The van der Waals surface area contributed by atoms with Gasteiger partial charge in [-0.1, -0.05) is 24.4 Å². The third-order valence-corrected chi connectivity index (χ3v) is 4.18. The Bertz CT molecular complexity index is 511. The van der Waals surface area contributed by atoms with Crippen LogP contribution < -0.4 is 4.74 Å². The standard InChI is InChI=1S/C13H15BrClNO4/c14-9-6-8(15)7-10(16(18)19)13(9)20-12-5-3-1-2-4-11(12)17/h6-7,11-12,17H,1-5H2. The molecule has 5 nitrogen and oxygen atoms in total. The van der Waals surface area contributed by atoms with E-state index in [1.807, 2.05) is 0 Å². The Kier molecular flexibility index (Phi) is 5.23. The van der Waals surface area contributed by atoms with Gasteiger partial charge >= 0.3 is 5.69 Å². The molecule has 2 unspecified atom stereocenters. The zero-order chi connectivity index (χ0) is 14.7. The first-order valence-corrected chi connectivity index (χ1v) is 7.64. The third-order valence-electron chi connectivity index (χ3n) is 3.37. The maximum atomic E-state index is 11.1. The van der Waals surface area contributed by atoms with Gasteiger partial charge in [-0.25, -0.2) is 0 Å². The molecule has 0 bridgehead atoms. The molecule has 110 valence electrons. The summed E-state index contributed by atoms with van der Waals surface area (Å²) in [6, 6.07) is 2.80. The molecular weight excluding hydrogens is 350 g/mol. The quantitative estimate of drug-likeness (QED) is 0.498. The third kappa shape index (κ3) is 3.62. The fraction of sp³-hybridized carbons (Fsp3) is 0.538. The maximum absolute atomic E-state index is 11.1. The predicted molar refractivity (Wildman–Crippen MR) is 79.3 cm³/mol. The molecule has 1 aromatic carbocycles. The minimum absolute atomic E-state index is 0.130. The van der Waals surface area contributed by atoms with Gasteiger partial charge in [-0.05, 0) is 41.3 Å². The maximum Gasteiger partial charge on any atom is 0.313 e. The number of halogens is 2. The van der Waals surface area contributed by atoms with Crippen molar-refractivity contribution >= 4 is 33.2 Å². The normalized spacial score (nSPS) is 23.1. The van der Waals surface area contributed by atoms with E-state index in [-0.39, 0.29) is 16.5 Å². The van der Waals surface area contributed by atoms with E-state index in [0.717, 1.165) is 19.3 Å². The van der Waals surface area contributed by atoms with Crippen molar-refractivity contribution in [3.05, 3.63) is 31.7 Å². The van der Waals surface area contributed by atoms with Gasteiger partial charge in [0.2, 0.25) is 5.75 Å². The van der Waals surface area contributed by atoms with Crippen LogP contribution in [-0.4, -0.2) is 22.2 Å². The summed E-state index contributed by atoms with van der Waals surface area (Å²) in [5, 5.41) is 21.4. The van der Waals surface area contributed by atoms with Crippen LogP contribution in [0.1, 0.15) is 32.1 Å². The largest absolute Gasteiger partial charge is 0.480 e. The van der Waals surface area contributed by atoms with E-state index in [1.165, 1.54) is 6.07 Å². The first-order chi connectivity index (χ1) is 9.49. The Balaban J connectivity index is 2.29. The number of hydrogen-bond donors (Lipinski definition) is 1. The van der Waals surface area contributed by atoms with Crippen molar-refractivity contribution in [3.8, 4) is 5.75 Å². The van der Waals surface area contributed by atoms with Gasteiger partial charge in [0.15, 0.2) is 0 Å². The number of rotatable bonds is 3. The van der Waals surface area contributed by atoms with E-state index in [1.54, 1.807) is 6.07 Å². The smallest absolute Gasteiger partial charge is 0.313 e. The van der Waals surface area contributed by atoms with Gasteiger partial charge in [0.25, 0.3) is 0 Å². The van der Waals surface area contributed by atoms with Gasteiger partial charge in [0.1, 0.15) is 6.10 Å². The number of benzene rings is 1. The number of ether oxygens (including phenoxy) is 1. The lowest BCUT2D eigenvalue weighted by atomic mass is 10.1. The van der Waals surface area contributed by atoms with Crippen molar-refractivity contribution in [2.24, 2.45) is 0 Å². The fourth-order valence-corrected chi connectivity index (χ4v) is 3.23. The summed E-state index contributed by atoms with van der Waals surface area (Å²) in [6.07, 6.45) is 3.26. The predicted octanol–water partition coefficient (Wildman–Crippen LogP) is 4.08. The highest BCUT2D eigenvalue weighted by Gasteiger charge is 2.28. The monoisotopic (exact) mass is 363 g/mol. The van der Waals surface area contributed by atoms with E-state index < -0.39 is 17.1 Å². The number of nitro groups is 1. The minimum atomic E-state index is -0.598. The molecular formula is C13H15BrClNO4. The van der Waals surface area contributed by atoms with Crippen LogP contribution in [0.3, 0.4) is 0 Å². The van der Waals surface area contributed by atoms with Gasteiger partial charge in [-0.3, -0.25) is 10.1 Å². The van der Waals surface area contributed by atoms with Crippen LogP contribution in [0.2, 0.25) is 5.02 Å². The summed E-state index contributed by atoms with van der Waals surface area (Å²) in [4.78, 5) is 10.6. The summed E-state index contributed by atoms with van der Waals surface area (Å²) in [6.45, 7) is 0. The molecule has 1 aliphatic carbocycles. The Morgan fingerprint density at radius 1 is 1.35 bits per heavy atom. The summed E-state index contributed by atoms with van der Waals surface area (Å²) in [5.74, 6) is 0.130. The SMILES string of the molecule is O=[N+]([O-])c1cc(Cl)cc(Br)c1OC1CCCCCC1O. The average Bonchev–Trinajstić information content (AvgIpc) is 2.57. The Hall–Kier alpha value is -0.850. The summed E-state index contributed by atoms with van der Waals surface area (Å²) in [5.41, 5.74) is -0.194. The minimum Gasteiger partial charge on any atom is -0.480 e. The first kappa shape index (κ1) is 15.5. The molecule has 1 aromatic rings. The van der Waals surface area contributed by atoms with Crippen LogP contribution in [-0.2, 0) is 0 Å². The Morgan fingerprint density at radius 3 is 2.75 bits per heavy atom. The van der Waals surface area contributed by atoms with Gasteiger partial charge in [-0.2, -0.15) is 0 Å². The summed E-state index contributed by atoms with van der Waals surface area (Å²) in [7, 11) is 0. The molecule has 1 aliphatic rings. The number of aliphatic hydroxyl groups excluding tert-OH is 1. The van der Waals surface area contributed by atoms with E-state index >= 15 is 0 Å². The summed E-state index contributed by atoms with van der Waals surface area (Å²) >= 11 is 9.06. The zero-order valence-electron chi connectivity index (χ0n) is 10.7. The molecule has 0 saturated heterocycles. The lowest BCUT2D eigenvalue weighted by Gasteiger charge is -2.22. The van der Waals surface area contributed by atoms with E-state index in [9.17, 15) is 15.2 Å². The zero-order valence-corrected chi connectivity index (χ0v) is 13.1. The second kappa shape index (κ2) is 6.74. The second-order valence-corrected chi connectivity index (χ2v) is 6.15. The lowest BCUT2D eigenvalue weighted by molar-refractivity contribution is -0.386. The molecule has 0 heterocycles. The van der Waals surface area contributed by atoms with E-state index in [4.69, 9.17) is 16.3 Å². The van der Waals surface area contributed by atoms with Gasteiger partial charge < -0.3 is 9.84 Å². The molecule has 2 rings (SSSR count). The molecule has 0 spiro atoms. The Labute approximate surface area is 130 Å². The van der Waals surface area contributed by atoms with Gasteiger partial charge in [-0.15, -0.1) is 0 Å². The van der Waals surface area contributed by atoms with Crippen LogP contribution >= 0.6 is 27.5 Å². The van der Waals surface area contributed by atoms with Crippen LogP contribution in [0.5, 0.6) is 5.75 Å². The lowest BCUT2D eigenvalue weighted by Crippen LogP contribution is -2.30. The molecule has 0 aliphatic heterocycles. The molecule has 1 fully saturated rings. The molecule has 0 aromatic heterocycles. The highest BCUT2D eigenvalue weighted by molar-refractivity contribution is 9.10. The van der Waals surface area contributed by atoms with Crippen molar-refractivity contribution in [1.82, 2.24) is 0 Å². The van der Waals surface area contributed by atoms with Crippen molar-refractivity contribution in [2.45, 2.75) is 44.3 Å². The molecule has 1 saturated carbocycles. The Morgan fingerprint density at radius 2 is 2.05 bits per heavy atom. The summed E-state index contributed by atoms with van der Waals surface area (Å²) < 4.78 is 6.15. The second-order valence-electron chi connectivity index (χ2n) is 4.85. The number of hydrogen-bond acceptors (Lipinski definition) is 4. The van der Waals surface area contributed by atoms with Crippen LogP contribution in [0, 0.1) is 10.1 Å². The number of aliphatic hydroxyl groups is 1. The van der Waals surface area contributed by atoms with Crippen molar-refractivity contribution in [1.29, 1.82) is 0 Å². The van der Waals surface area contributed by atoms with Gasteiger partial charge in [0, 0.05) is 11.1 Å². The fourth-order valence-electron chi connectivity index (χ4n) is 2.34. The van der Waals surface area contributed by atoms with Crippen LogP contribution in [0.25, 0.3) is 0 Å². The van der Waals surface area contributed by atoms with Crippen molar-refractivity contribution < 1.29 is 14.8 Å². The molecule has 2 atom stereocenters. The van der Waals surface area contributed by atoms with E-state index in [0.29, 0.717) is 17.3 Å². The van der Waals surface area contributed by atoms with E-state index in [2.05, 4.69) is 15.9 Å². The van der Waals surface area contributed by atoms with Crippen LogP contribution in [0.15, 0.2) is 16.6 Å². The average molecular weight is 365 g/mol. The van der Waals surface area contributed by atoms with Crippen LogP contribution in [0.4, 0.5) is 5.69 Å². The van der Waals surface area contributed by atoms with Crippen molar-refractivity contribution in [3.63, 3.8) is 0 Å².